The van der Waals surface area contributed by atoms with Crippen LogP contribution in [0.3, 0.4) is 0 Å². The third-order valence-electron chi connectivity index (χ3n) is 3.79. The van der Waals surface area contributed by atoms with E-state index in [1.165, 1.54) is 0 Å². The average molecular weight is 327 g/mol. The van der Waals surface area contributed by atoms with Gasteiger partial charge in [-0.3, -0.25) is 9.80 Å². The van der Waals surface area contributed by atoms with Gasteiger partial charge in [0.2, 0.25) is 0 Å². The number of phenols is 1. The first-order valence-electron chi connectivity index (χ1n) is 6.81. The second-order valence-electron chi connectivity index (χ2n) is 6.18. The first-order chi connectivity index (χ1) is 8.88. The lowest BCUT2D eigenvalue weighted by Gasteiger charge is -2.42. The Morgan fingerprint density at radius 3 is 2.37 bits per heavy atom. The highest BCUT2D eigenvalue weighted by molar-refractivity contribution is 9.10. The lowest BCUT2D eigenvalue weighted by atomic mass is 10.0. The third-order valence-corrected chi connectivity index (χ3v) is 4.43. The summed E-state index contributed by atoms with van der Waals surface area (Å²) in [6.07, 6.45) is 0. The second-order valence-corrected chi connectivity index (χ2v) is 7.04. The molecule has 0 aliphatic carbocycles. The van der Waals surface area contributed by atoms with Gasteiger partial charge in [0, 0.05) is 43.8 Å². The van der Waals surface area contributed by atoms with Crippen LogP contribution in [-0.4, -0.2) is 46.6 Å². The summed E-state index contributed by atoms with van der Waals surface area (Å²) in [5.74, 6) is 0.376. The molecule has 0 atom stereocenters. The summed E-state index contributed by atoms with van der Waals surface area (Å²) in [6, 6.07) is 5.84. The minimum absolute atomic E-state index is 0.254. The van der Waals surface area contributed by atoms with E-state index in [9.17, 15) is 5.11 Å². The Labute approximate surface area is 124 Å². The lowest BCUT2D eigenvalue weighted by molar-refractivity contribution is 0.0588. The molecule has 0 radical (unpaired) electrons. The van der Waals surface area contributed by atoms with Gasteiger partial charge in [-0.15, -0.1) is 0 Å². The molecular formula is C15H23BrN2O. The second kappa shape index (κ2) is 5.81. The Hall–Kier alpha value is -0.580. The van der Waals surface area contributed by atoms with Crippen molar-refractivity contribution < 1.29 is 5.11 Å². The Morgan fingerprint density at radius 1 is 1.16 bits per heavy atom. The van der Waals surface area contributed by atoms with Crippen LogP contribution in [0.4, 0.5) is 0 Å². The molecule has 3 nitrogen and oxygen atoms in total. The molecule has 2 rings (SSSR count). The maximum Gasteiger partial charge on any atom is 0.134 e. The van der Waals surface area contributed by atoms with Crippen LogP contribution in [0, 0.1) is 0 Å². The summed E-state index contributed by atoms with van der Waals surface area (Å²) in [4.78, 5) is 4.92. The van der Waals surface area contributed by atoms with E-state index in [4.69, 9.17) is 0 Å². The Kier molecular flexibility index (Phi) is 4.54. The summed E-state index contributed by atoms with van der Waals surface area (Å²) in [5, 5.41) is 10.0. The molecule has 1 aromatic carbocycles. The molecule has 0 unspecified atom stereocenters. The van der Waals surface area contributed by atoms with Gasteiger partial charge in [0.25, 0.3) is 0 Å². The molecule has 1 aliphatic rings. The van der Waals surface area contributed by atoms with Gasteiger partial charge in [0.1, 0.15) is 5.75 Å². The van der Waals surface area contributed by atoms with E-state index in [2.05, 4.69) is 46.5 Å². The van der Waals surface area contributed by atoms with Crippen LogP contribution in [-0.2, 0) is 6.54 Å². The van der Waals surface area contributed by atoms with Gasteiger partial charge < -0.3 is 5.11 Å². The zero-order valence-electron chi connectivity index (χ0n) is 12.0. The molecule has 1 aliphatic heterocycles. The molecule has 0 aromatic heterocycles. The standard InChI is InChI=1S/C15H23BrN2O/c1-15(2,3)18-9-7-17(8-10-18)11-12-5-4-6-13(16)14(12)19/h4-6,19H,7-11H2,1-3H3. The maximum atomic E-state index is 10.0. The lowest BCUT2D eigenvalue weighted by Crippen LogP contribution is -2.53. The Balaban J connectivity index is 1.94. The summed E-state index contributed by atoms with van der Waals surface area (Å²) in [5.41, 5.74) is 1.25. The van der Waals surface area contributed by atoms with Crippen molar-refractivity contribution in [2.75, 3.05) is 26.2 Å². The van der Waals surface area contributed by atoms with E-state index < -0.39 is 0 Å². The molecule has 1 fully saturated rings. The number of piperazine rings is 1. The van der Waals surface area contributed by atoms with Gasteiger partial charge in [-0.05, 0) is 42.8 Å². The smallest absolute Gasteiger partial charge is 0.134 e. The monoisotopic (exact) mass is 326 g/mol. The van der Waals surface area contributed by atoms with Gasteiger partial charge >= 0.3 is 0 Å². The van der Waals surface area contributed by atoms with Crippen LogP contribution in [0.2, 0.25) is 0 Å². The predicted molar refractivity (Wildman–Crippen MR) is 82.4 cm³/mol. The number of hydrogen-bond acceptors (Lipinski definition) is 3. The molecule has 4 heteroatoms. The number of hydrogen-bond donors (Lipinski definition) is 1. The van der Waals surface area contributed by atoms with Crippen molar-refractivity contribution in [3.63, 3.8) is 0 Å². The first kappa shape index (κ1) is 14.8. The van der Waals surface area contributed by atoms with Gasteiger partial charge in [-0.25, -0.2) is 0 Å². The van der Waals surface area contributed by atoms with Crippen molar-refractivity contribution >= 4 is 15.9 Å². The molecule has 0 saturated carbocycles. The largest absolute Gasteiger partial charge is 0.506 e. The number of phenolic OH excluding ortho intramolecular Hbond substituents is 1. The zero-order chi connectivity index (χ0) is 14.0. The van der Waals surface area contributed by atoms with Crippen LogP contribution in [0.1, 0.15) is 26.3 Å². The van der Waals surface area contributed by atoms with Gasteiger partial charge in [-0.1, -0.05) is 12.1 Å². The molecule has 0 bridgehead atoms. The number of para-hydroxylation sites is 1. The Morgan fingerprint density at radius 2 is 1.79 bits per heavy atom. The molecular weight excluding hydrogens is 304 g/mol. The number of aromatic hydroxyl groups is 1. The zero-order valence-corrected chi connectivity index (χ0v) is 13.6. The highest BCUT2D eigenvalue weighted by atomic mass is 79.9. The van der Waals surface area contributed by atoms with E-state index in [1.807, 2.05) is 18.2 Å². The SMILES string of the molecule is CC(C)(C)N1CCN(Cc2cccc(Br)c2O)CC1. The van der Waals surface area contributed by atoms with E-state index in [0.29, 0.717) is 5.75 Å². The molecule has 1 aromatic rings. The van der Waals surface area contributed by atoms with Crippen LogP contribution < -0.4 is 0 Å². The first-order valence-corrected chi connectivity index (χ1v) is 7.61. The van der Waals surface area contributed by atoms with Crippen molar-refractivity contribution in [3.8, 4) is 5.75 Å². The fraction of sp³-hybridized carbons (Fsp3) is 0.600. The summed E-state index contributed by atoms with van der Waals surface area (Å²) < 4.78 is 0.776. The molecule has 0 spiro atoms. The summed E-state index contributed by atoms with van der Waals surface area (Å²) in [6.45, 7) is 11.9. The quantitative estimate of drug-likeness (QED) is 0.904. The van der Waals surface area contributed by atoms with Crippen molar-refractivity contribution in [2.24, 2.45) is 0 Å². The topological polar surface area (TPSA) is 26.7 Å². The number of benzene rings is 1. The fourth-order valence-electron chi connectivity index (χ4n) is 2.51. The van der Waals surface area contributed by atoms with Crippen LogP contribution in [0.25, 0.3) is 0 Å². The van der Waals surface area contributed by atoms with Crippen molar-refractivity contribution in [2.45, 2.75) is 32.9 Å². The highest BCUT2D eigenvalue weighted by Gasteiger charge is 2.26. The van der Waals surface area contributed by atoms with Gasteiger partial charge in [0.05, 0.1) is 4.47 Å². The van der Waals surface area contributed by atoms with E-state index in [-0.39, 0.29) is 5.54 Å². The van der Waals surface area contributed by atoms with Crippen molar-refractivity contribution in [1.82, 2.24) is 9.80 Å². The maximum absolute atomic E-state index is 10.0. The van der Waals surface area contributed by atoms with Crippen LogP contribution in [0.5, 0.6) is 5.75 Å². The Bertz CT molecular complexity index is 434. The fourth-order valence-corrected chi connectivity index (χ4v) is 2.91. The summed E-state index contributed by atoms with van der Waals surface area (Å²) in [7, 11) is 0. The molecule has 1 saturated heterocycles. The number of nitrogens with zero attached hydrogens (tertiary/aromatic N) is 2. The summed E-state index contributed by atoms with van der Waals surface area (Å²) >= 11 is 3.37. The van der Waals surface area contributed by atoms with E-state index >= 15 is 0 Å². The van der Waals surface area contributed by atoms with Gasteiger partial charge in [-0.2, -0.15) is 0 Å². The van der Waals surface area contributed by atoms with Crippen molar-refractivity contribution in [3.05, 3.63) is 28.2 Å². The van der Waals surface area contributed by atoms with Gasteiger partial charge in [0.15, 0.2) is 0 Å². The van der Waals surface area contributed by atoms with Crippen LogP contribution in [0.15, 0.2) is 22.7 Å². The molecule has 19 heavy (non-hydrogen) atoms. The van der Waals surface area contributed by atoms with E-state index in [1.54, 1.807) is 0 Å². The minimum atomic E-state index is 0.254. The highest BCUT2D eigenvalue weighted by Crippen LogP contribution is 2.28. The van der Waals surface area contributed by atoms with E-state index in [0.717, 1.165) is 42.8 Å². The third kappa shape index (κ3) is 3.71. The number of halogens is 1. The molecule has 0 amide bonds. The normalized spacial score (nSPS) is 18.7. The predicted octanol–water partition coefficient (Wildman–Crippen LogP) is 3.07. The molecule has 1 N–H and O–H groups in total. The molecule has 1 heterocycles. The van der Waals surface area contributed by atoms with Crippen LogP contribution >= 0.6 is 15.9 Å². The average Bonchev–Trinajstić information content (AvgIpc) is 2.35. The number of rotatable bonds is 2. The molecule has 106 valence electrons. The van der Waals surface area contributed by atoms with Crippen molar-refractivity contribution in [1.29, 1.82) is 0 Å². The minimum Gasteiger partial charge on any atom is -0.506 e.